The Morgan fingerprint density at radius 3 is 2.46 bits per heavy atom. The third kappa shape index (κ3) is 5.25. The van der Waals surface area contributed by atoms with E-state index in [1.807, 2.05) is 25.1 Å². The summed E-state index contributed by atoms with van der Waals surface area (Å²) < 4.78 is 16.0. The second-order valence-corrected chi connectivity index (χ2v) is 6.65. The highest BCUT2D eigenvalue weighted by molar-refractivity contribution is 5.95. The summed E-state index contributed by atoms with van der Waals surface area (Å²) in [7, 11) is 0. The SMILES string of the molecule is CCOc1ccc(NC(=O)[C@H](C)OC(=O)COc2ccc3c(c2)CCC3)cc1. The molecule has 6 heteroatoms. The zero-order valence-electron chi connectivity index (χ0n) is 16.2. The van der Waals surface area contributed by atoms with Crippen molar-refractivity contribution in [2.45, 2.75) is 39.2 Å². The summed E-state index contributed by atoms with van der Waals surface area (Å²) in [6.07, 6.45) is 2.36. The van der Waals surface area contributed by atoms with Crippen molar-refractivity contribution in [1.82, 2.24) is 0 Å². The molecule has 1 atom stereocenters. The molecule has 0 aliphatic heterocycles. The summed E-state index contributed by atoms with van der Waals surface area (Å²) in [5.74, 6) is 0.373. The van der Waals surface area contributed by atoms with E-state index in [0.717, 1.165) is 25.0 Å². The molecule has 2 aromatic carbocycles. The van der Waals surface area contributed by atoms with E-state index in [1.54, 1.807) is 24.3 Å². The molecule has 0 unspecified atom stereocenters. The van der Waals surface area contributed by atoms with Crippen LogP contribution in [0.25, 0.3) is 0 Å². The number of benzene rings is 2. The highest BCUT2D eigenvalue weighted by Crippen LogP contribution is 2.26. The number of anilines is 1. The van der Waals surface area contributed by atoms with Gasteiger partial charge in [-0.25, -0.2) is 4.79 Å². The number of nitrogens with one attached hydrogen (secondary N) is 1. The number of esters is 1. The topological polar surface area (TPSA) is 73.9 Å². The molecule has 28 heavy (non-hydrogen) atoms. The highest BCUT2D eigenvalue weighted by Gasteiger charge is 2.19. The first-order valence-electron chi connectivity index (χ1n) is 9.53. The Morgan fingerprint density at radius 1 is 1.00 bits per heavy atom. The van der Waals surface area contributed by atoms with Gasteiger partial charge in [0.05, 0.1) is 6.61 Å². The molecule has 0 saturated carbocycles. The largest absolute Gasteiger partial charge is 0.494 e. The molecule has 0 aromatic heterocycles. The van der Waals surface area contributed by atoms with E-state index >= 15 is 0 Å². The molecule has 1 aliphatic carbocycles. The third-order valence-corrected chi connectivity index (χ3v) is 4.54. The van der Waals surface area contributed by atoms with Crippen molar-refractivity contribution in [3.8, 4) is 11.5 Å². The predicted octanol–water partition coefficient (Wildman–Crippen LogP) is 3.52. The Bertz CT molecular complexity index is 831. The second kappa shape index (κ2) is 9.26. The van der Waals surface area contributed by atoms with Crippen molar-refractivity contribution in [1.29, 1.82) is 0 Å². The fraction of sp³-hybridized carbons (Fsp3) is 0.364. The average molecular weight is 383 g/mol. The van der Waals surface area contributed by atoms with Crippen LogP contribution in [0.3, 0.4) is 0 Å². The Balaban J connectivity index is 1.44. The molecule has 0 radical (unpaired) electrons. The van der Waals surface area contributed by atoms with Crippen molar-refractivity contribution < 1.29 is 23.8 Å². The molecule has 0 heterocycles. The van der Waals surface area contributed by atoms with Crippen LogP contribution in [0.5, 0.6) is 11.5 Å². The van der Waals surface area contributed by atoms with Crippen molar-refractivity contribution in [3.05, 3.63) is 53.6 Å². The Kier molecular flexibility index (Phi) is 6.53. The van der Waals surface area contributed by atoms with E-state index in [2.05, 4.69) is 5.32 Å². The zero-order valence-corrected chi connectivity index (χ0v) is 16.2. The van der Waals surface area contributed by atoms with Crippen LogP contribution in [-0.4, -0.2) is 31.2 Å². The lowest BCUT2D eigenvalue weighted by atomic mass is 10.1. The van der Waals surface area contributed by atoms with E-state index < -0.39 is 18.0 Å². The first kappa shape index (κ1) is 19.7. The van der Waals surface area contributed by atoms with Crippen LogP contribution in [0.1, 0.15) is 31.4 Å². The van der Waals surface area contributed by atoms with Crippen molar-refractivity contribution in [3.63, 3.8) is 0 Å². The zero-order chi connectivity index (χ0) is 19.9. The average Bonchev–Trinajstić information content (AvgIpc) is 3.16. The normalized spacial score (nSPS) is 13.4. The van der Waals surface area contributed by atoms with Gasteiger partial charge in [-0.1, -0.05) is 6.07 Å². The van der Waals surface area contributed by atoms with Crippen LogP contribution >= 0.6 is 0 Å². The van der Waals surface area contributed by atoms with Crippen molar-refractivity contribution >= 4 is 17.6 Å². The van der Waals surface area contributed by atoms with Gasteiger partial charge in [0.25, 0.3) is 5.91 Å². The lowest BCUT2D eigenvalue weighted by Crippen LogP contribution is -2.31. The van der Waals surface area contributed by atoms with E-state index in [4.69, 9.17) is 14.2 Å². The van der Waals surface area contributed by atoms with E-state index in [1.165, 1.54) is 18.1 Å². The molecular weight excluding hydrogens is 358 g/mol. The molecule has 2 aromatic rings. The van der Waals surface area contributed by atoms with Gasteiger partial charge in [-0.15, -0.1) is 0 Å². The highest BCUT2D eigenvalue weighted by atomic mass is 16.6. The number of carbonyl (C=O) groups is 2. The minimum atomic E-state index is -0.928. The standard InChI is InChI=1S/C22H25NO5/c1-3-26-19-11-8-18(9-12-19)23-22(25)15(2)28-21(24)14-27-20-10-7-16-5-4-6-17(16)13-20/h7-13,15H,3-6,14H2,1-2H3,(H,23,25)/t15-/m0/s1. The first-order valence-corrected chi connectivity index (χ1v) is 9.53. The number of amides is 1. The van der Waals surface area contributed by atoms with Gasteiger partial charge in [0.2, 0.25) is 0 Å². The molecule has 148 valence electrons. The molecule has 0 spiro atoms. The van der Waals surface area contributed by atoms with Crippen LogP contribution in [0, 0.1) is 0 Å². The Hall–Kier alpha value is -3.02. The van der Waals surface area contributed by atoms with Crippen LogP contribution in [-0.2, 0) is 27.2 Å². The van der Waals surface area contributed by atoms with Crippen LogP contribution in [0.15, 0.2) is 42.5 Å². The molecular formula is C22H25NO5. The molecule has 0 saturated heterocycles. The number of hydrogen-bond acceptors (Lipinski definition) is 5. The fourth-order valence-electron chi connectivity index (χ4n) is 3.11. The van der Waals surface area contributed by atoms with Gasteiger partial charge in [0.1, 0.15) is 11.5 Å². The molecule has 3 rings (SSSR count). The van der Waals surface area contributed by atoms with Gasteiger partial charge < -0.3 is 19.5 Å². The molecule has 1 amide bonds. The van der Waals surface area contributed by atoms with Crippen molar-refractivity contribution in [2.75, 3.05) is 18.5 Å². The summed E-state index contributed by atoms with van der Waals surface area (Å²) in [6.45, 7) is 3.77. The first-order chi connectivity index (χ1) is 13.5. The number of hydrogen-bond donors (Lipinski definition) is 1. The number of carbonyl (C=O) groups excluding carboxylic acids is 2. The number of rotatable bonds is 8. The van der Waals surface area contributed by atoms with Crippen molar-refractivity contribution in [2.24, 2.45) is 0 Å². The van der Waals surface area contributed by atoms with E-state index in [-0.39, 0.29) is 6.61 Å². The minimum Gasteiger partial charge on any atom is -0.494 e. The summed E-state index contributed by atoms with van der Waals surface area (Å²) in [5.41, 5.74) is 3.22. The maximum Gasteiger partial charge on any atom is 0.344 e. The van der Waals surface area contributed by atoms with Gasteiger partial charge in [-0.2, -0.15) is 0 Å². The van der Waals surface area contributed by atoms with Crippen LogP contribution in [0.4, 0.5) is 5.69 Å². The van der Waals surface area contributed by atoms with Gasteiger partial charge in [0.15, 0.2) is 12.7 Å². The minimum absolute atomic E-state index is 0.237. The van der Waals surface area contributed by atoms with Gasteiger partial charge >= 0.3 is 5.97 Å². The third-order valence-electron chi connectivity index (χ3n) is 4.54. The Morgan fingerprint density at radius 2 is 1.71 bits per heavy atom. The van der Waals surface area contributed by atoms with Gasteiger partial charge in [0, 0.05) is 5.69 Å². The number of fused-ring (bicyclic) bond motifs is 1. The van der Waals surface area contributed by atoms with Crippen LogP contribution < -0.4 is 14.8 Å². The van der Waals surface area contributed by atoms with E-state index in [9.17, 15) is 9.59 Å². The lowest BCUT2D eigenvalue weighted by molar-refractivity contribution is -0.155. The quantitative estimate of drug-likeness (QED) is 0.706. The maximum absolute atomic E-state index is 12.2. The van der Waals surface area contributed by atoms with Gasteiger partial charge in [-0.3, -0.25) is 4.79 Å². The predicted molar refractivity (Wildman–Crippen MR) is 106 cm³/mol. The summed E-state index contributed by atoms with van der Waals surface area (Å²) in [6, 6.07) is 12.9. The molecule has 0 fully saturated rings. The smallest absolute Gasteiger partial charge is 0.344 e. The number of ether oxygens (including phenoxy) is 3. The molecule has 1 N–H and O–H groups in total. The van der Waals surface area contributed by atoms with E-state index in [0.29, 0.717) is 18.0 Å². The Labute approximate surface area is 164 Å². The fourth-order valence-corrected chi connectivity index (χ4v) is 3.11. The monoisotopic (exact) mass is 383 g/mol. The maximum atomic E-state index is 12.2. The summed E-state index contributed by atoms with van der Waals surface area (Å²) in [4.78, 5) is 24.2. The molecule has 1 aliphatic rings. The molecule has 6 nitrogen and oxygen atoms in total. The van der Waals surface area contributed by atoms with Crippen LogP contribution in [0.2, 0.25) is 0 Å². The summed E-state index contributed by atoms with van der Waals surface area (Å²) >= 11 is 0. The van der Waals surface area contributed by atoms with Gasteiger partial charge in [-0.05, 0) is 80.6 Å². The second-order valence-electron chi connectivity index (χ2n) is 6.65. The lowest BCUT2D eigenvalue weighted by Gasteiger charge is -2.14. The molecule has 0 bridgehead atoms. The summed E-state index contributed by atoms with van der Waals surface area (Å²) in [5, 5.41) is 2.71. The number of aryl methyl sites for hydroxylation is 2.